The van der Waals surface area contributed by atoms with Gasteiger partial charge in [-0.05, 0) is 25.7 Å². The first-order chi connectivity index (χ1) is 7.79. The van der Waals surface area contributed by atoms with Gasteiger partial charge in [-0.25, -0.2) is 0 Å². The minimum Gasteiger partial charge on any atom is -0.347 e. The average molecular weight is 220 g/mol. The van der Waals surface area contributed by atoms with Gasteiger partial charge in [-0.3, -0.25) is 0 Å². The Balaban J connectivity index is 1.88. The van der Waals surface area contributed by atoms with Crippen molar-refractivity contribution in [3.05, 3.63) is 24.3 Å². The molecule has 1 atom stereocenters. The van der Waals surface area contributed by atoms with E-state index in [9.17, 15) is 0 Å². The summed E-state index contributed by atoms with van der Waals surface area (Å²) in [5.74, 6) is -0.282. The van der Waals surface area contributed by atoms with Crippen molar-refractivity contribution in [3.8, 4) is 0 Å². The molecule has 0 radical (unpaired) electrons. The Morgan fingerprint density at radius 1 is 1.19 bits per heavy atom. The summed E-state index contributed by atoms with van der Waals surface area (Å²) in [5.41, 5.74) is 1.78. The summed E-state index contributed by atoms with van der Waals surface area (Å²) in [6.07, 6.45) is 11.5. The molecule has 1 heterocycles. The van der Waals surface area contributed by atoms with Crippen molar-refractivity contribution >= 4 is 0 Å². The topological polar surface area (TPSA) is 18.5 Å². The van der Waals surface area contributed by atoms with Crippen molar-refractivity contribution in [3.63, 3.8) is 0 Å². The van der Waals surface area contributed by atoms with Gasteiger partial charge in [-0.2, -0.15) is 0 Å². The predicted molar refractivity (Wildman–Crippen MR) is 63.1 cm³/mol. The molecule has 1 aliphatic heterocycles. The summed E-state index contributed by atoms with van der Waals surface area (Å²) in [4.78, 5) is 0. The number of fused-ring (bicyclic) bond motifs is 1. The van der Waals surface area contributed by atoms with E-state index in [0.29, 0.717) is 0 Å². The van der Waals surface area contributed by atoms with Crippen LogP contribution in [-0.2, 0) is 9.47 Å². The SMILES string of the molecule is C=CC12CCCC=C1CC1(CC2)OCCO1. The maximum atomic E-state index is 5.82. The normalized spacial score (nSPS) is 36.9. The Bertz CT molecular complexity index is 326. The molecule has 0 N–H and O–H groups in total. The summed E-state index contributed by atoms with van der Waals surface area (Å²) in [6, 6.07) is 0. The molecule has 2 heteroatoms. The van der Waals surface area contributed by atoms with Gasteiger partial charge in [0.25, 0.3) is 0 Å². The lowest BCUT2D eigenvalue weighted by atomic mass is 9.63. The molecule has 0 bridgehead atoms. The van der Waals surface area contributed by atoms with E-state index in [1.165, 1.54) is 24.8 Å². The molecule has 88 valence electrons. The molecule has 1 unspecified atom stereocenters. The zero-order valence-electron chi connectivity index (χ0n) is 9.84. The monoisotopic (exact) mass is 220 g/mol. The van der Waals surface area contributed by atoms with Crippen LogP contribution in [0.2, 0.25) is 0 Å². The summed E-state index contributed by atoms with van der Waals surface area (Å²) < 4.78 is 11.6. The maximum absolute atomic E-state index is 5.82. The van der Waals surface area contributed by atoms with Crippen LogP contribution in [0, 0.1) is 5.41 Å². The highest BCUT2D eigenvalue weighted by atomic mass is 16.7. The molecule has 2 fully saturated rings. The van der Waals surface area contributed by atoms with E-state index in [1.807, 2.05) is 0 Å². The summed E-state index contributed by atoms with van der Waals surface area (Å²) in [6.45, 7) is 5.57. The van der Waals surface area contributed by atoms with Crippen molar-refractivity contribution in [2.45, 2.75) is 44.3 Å². The van der Waals surface area contributed by atoms with Gasteiger partial charge in [-0.15, -0.1) is 6.58 Å². The lowest BCUT2D eigenvalue weighted by molar-refractivity contribution is -0.175. The number of hydrogen-bond donors (Lipinski definition) is 0. The molecule has 1 spiro atoms. The Hall–Kier alpha value is -0.600. The predicted octanol–water partition coefficient (Wildman–Crippen LogP) is 3.20. The molecule has 16 heavy (non-hydrogen) atoms. The second kappa shape index (κ2) is 3.71. The Morgan fingerprint density at radius 2 is 2.00 bits per heavy atom. The van der Waals surface area contributed by atoms with Crippen molar-refractivity contribution < 1.29 is 9.47 Å². The van der Waals surface area contributed by atoms with Crippen LogP contribution < -0.4 is 0 Å². The average Bonchev–Trinajstić information content (AvgIpc) is 2.78. The number of ether oxygens (including phenoxy) is 2. The molecular formula is C14H20O2. The first-order valence-electron chi connectivity index (χ1n) is 6.40. The quantitative estimate of drug-likeness (QED) is 0.632. The smallest absolute Gasteiger partial charge is 0.172 e. The van der Waals surface area contributed by atoms with Crippen LogP contribution in [0.1, 0.15) is 38.5 Å². The van der Waals surface area contributed by atoms with E-state index in [2.05, 4.69) is 18.7 Å². The third kappa shape index (κ3) is 1.47. The van der Waals surface area contributed by atoms with E-state index < -0.39 is 0 Å². The molecule has 0 aromatic heterocycles. The Labute approximate surface area is 97.3 Å². The van der Waals surface area contributed by atoms with Gasteiger partial charge in [-0.1, -0.05) is 17.7 Å². The largest absolute Gasteiger partial charge is 0.347 e. The standard InChI is InChI=1S/C14H20O2/c1-2-13-6-4-3-5-12(13)11-14(8-7-13)15-9-10-16-14/h2,5H,1,3-4,6-11H2. The van der Waals surface area contributed by atoms with Gasteiger partial charge < -0.3 is 9.47 Å². The first-order valence-corrected chi connectivity index (χ1v) is 6.40. The Morgan fingerprint density at radius 3 is 2.75 bits per heavy atom. The number of allylic oxidation sites excluding steroid dienone is 2. The highest BCUT2D eigenvalue weighted by Gasteiger charge is 2.48. The highest BCUT2D eigenvalue weighted by molar-refractivity contribution is 5.27. The van der Waals surface area contributed by atoms with Gasteiger partial charge in [0.15, 0.2) is 5.79 Å². The molecule has 0 aromatic carbocycles. The molecule has 3 aliphatic rings. The van der Waals surface area contributed by atoms with Crippen LogP contribution in [0.5, 0.6) is 0 Å². The van der Waals surface area contributed by atoms with Crippen LogP contribution >= 0.6 is 0 Å². The van der Waals surface area contributed by atoms with Gasteiger partial charge in [0, 0.05) is 18.3 Å². The second-order valence-electron chi connectivity index (χ2n) is 5.27. The molecule has 0 aromatic rings. The van der Waals surface area contributed by atoms with Crippen LogP contribution in [0.4, 0.5) is 0 Å². The zero-order valence-corrected chi connectivity index (χ0v) is 9.84. The van der Waals surface area contributed by atoms with Crippen molar-refractivity contribution in [2.75, 3.05) is 13.2 Å². The maximum Gasteiger partial charge on any atom is 0.172 e. The van der Waals surface area contributed by atoms with Crippen LogP contribution in [0.25, 0.3) is 0 Å². The summed E-state index contributed by atoms with van der Waals surface area (Å²) in [7, 11) is 0. The van der Waals surface area contributed by atoms with E-state index in [1.54, 1.807) is 0 Å². The van der Waals surface area contributed by atoms with Gasteiger partial charge in [0.2, 0.25) is 0 Å². The molecule has 2 aliphatic carbocycles. The van der Waals surface area contributed by atoms with E-state index in [4.69, 9.17) is 9.47 Å². The van der Waals surface area contributed by atoms with Crippen LogP contribution in [0.3, 0.4) is 0 Å². The van der Waals surface area contributed by atoms with Crippen molar-refractivity contribution in [2.24, 2.45) is 5.41 Å². The summed E-state index contributed by atoms with van der Waals surface area (Å²) in [5, 5.41) is 0. The third-order valence-corrected chi connectivity index (χ3v) is 4.47. The Kier molecular flexibility index (Phi) is 2.45. The van der Waals surface area contributed by atoms with Crippen molar-refractivity contribution in [1.29, 1.82) is 0 Å². The lowest BCUT2D eigenvalue weighted by Crippen LogP contribution is -2.41. The molecule has 3 rings (SSSR count). The molecule has 1 saturated carbocycles. The number of rotatable bonds is 1. The minimum atomic E-state index is -0.282. The lowest BCUT2D eigenvalue weighted by Gasteiger charge is -2.46. The number of hydrogen-bond acceptors (Lipinski definition) is 2. The van der Waals surface area contributed by atoms with E-state index in [0.717, 1.165) is 32.5 Å². The molecule has 2 nitrogen and oxygen atoms in total. The molecule has 1 saturated heterocycles. The molecular weight excluding hydrogens is 200 g/mol. The second-order valence-corrected chi connectivity index (χ2v) is 5.27. The van der Waals surface area contributed by atoms with Crippen molar-refractivity contribution in [1.82, 2.24) is 0 Å². The fraction of sp³-hybridized carbons (Fsp3) is 0.714. The van der Waals surface area contributed by atoms with E-state index in [-0.39, 0.29) is 11.2 Å². The van der Waals surface area contributed by atoms with Crippen LogP contribution in [0.15, 0.2) is 24.3 Å². The van der Waals surface area contributed by atoms with Gasteiger partial charge in [0.05, 0.1) is 13.2 Å². The zero-order chi connectivity index (χ0) is 11.1. The fourth-order valence-electron chi connectivity index (χ4n) is 3.46. The van der Waals surface area contributed by atoms with Crippen LogP contribution in [-0.4, -0.2) is 19.0 Å². The van der Waals surface area contributed by atoms with Gasteiger partial charge >= 0.3 is 0 Å². The highest BCUT2D eigenvalue weighted by Crippen LogP contribution is 2.53. The molecule has 0 amide bonds. The fourth-order valence-corrected chi connectivity index (χ4v) is 3.46. The van der Waals surface area contributed by atoms with Gasteiger partial charge in [0.1, 0.15) is 0 Å². The first kappa shape index (κ1) is 10.5. The third-order valence-electron chi connectivity index (χ3n) is 4.47. The van der Waals surface area contributed by atoms with E-state index >= 15 is 0 Å². The summed E-state index contributed by atoms with van der Waals surface area (Å²) >= 11 is 0. The minimum absolute atomic E-state index is 0.263.